The smallest absolute Gasteiger partial charge is 0.272 e. The first-order chi connectivity index (χ1) is 10.7. The van der Waals surface area contributed by atoms with Gasteiger partial charge in [0.15, 0.2) is 0 Å². The highest BCUT2D eigenvalue weighted by Gasteiger charge is 2.16. The molecule has 1 aromatic heterocycles. The van der Waals surface area contributed by atoms with Crippen LogP contribution in [0.15, 0.2) is 47.3 Å². The summed E-state index contributed by atoms with van der Waals surface area (Å²) in [4.78, 5) is 23.3. The number of aromatic nitrogens is 2. The summed E-state index contributed by atoms with van der Waals surface area (Å²) in [6.07, 6.45) is 4.20. The number of nitrogens with one attached hydrogen (secondary N) is 2. The molecule has 0 aliphatic carbocycles. The zero-order valence-electron chi connectivity index (χ0n) is 12.7. The number of carbonyl (C=O) groups is 1. The van der Waals surface area contributed by atoms with Gasteiger partial charge in [-0.05, 0) is 18.1 Å². The van der Waals surface area contributed by atoms with E-state index in [-0.39, 0.29) is 23.2 Å². The molecule has 116 valence electrons. The third-order valence-electron chi connectivity index (χ3n) is 3.52. The van der Waals surface area contributed by atoms with E-state index < -0.39 is 0 Å². The zero-order chi connectivity index (χ0) is 15.8. The molecule has 0 aliphatic heterocycles. The molecule has 1 unspecified atom stereocenters. The summed E-state index contributed by atoms with van der Waals surface area (Å²) in [6.45, 7) is 2.15. The Labute approximate surface area is 129 Å². The van der Waals surface area contributed by atoms with Crippen molar-refractivity contribution in [2.24, 2.45) is 0 Å². The highest BCUT2D eigenvalue weighted by molar-refractivity contribution is 5.92. The summed E-state index contributed by atoms with van der Waals surface area (Å²) in [7, 11) is 0. The van der Waals surface area contributed by atoms with E-state index in [9.17, 15) is 9.59 Å². The molecular weight excluding hydrogens is 278 g/mol. The average Bonchev–Trinajstić information content (AvgIpc) is 2.55. The molecule has 0 radical (unpaired) electrons. The van der Waals surface area contributed by atoms with Crippen molar-refractivity contribution in [1.82, 2.24) is 15.5 Å². The molecule has 0 saturated heterocycles. The van der Waals surface area contributed by atoms with Crippen LogP contribution in [-0.2, 0) is 0 Å². The maximum absolute atomic E-state index is 12.3. The monoisotopic (exact) mass is 299 g/mol. The van der Waals surface area contributed by atoms with Gasteiger partial charge < -0.3 is 5.32 Å². The van der Waals surface area contributed by atoms with Crippen LogP contribution < -0.4 is 10.9 Å². The molecular formula is C17H21N3O2. The minimum Gasteiger partial charge on any atom is -0.344 e. The SMILES string of the molecule is CCCCCC(NC(=O)c1ccc(=O)[nH]n1)c1ccccc1. The summed E-state index contributed by atoms with van der Waals surface area (Å²) in [6, 6.07) is 12.6. The molecule has 5 nitrogen and oxygen atoms in total. The minimum absolute atomic E-state index is 0.0472. The van der Waals surface area contributed by atoms with Crippen LogP contribution in [0, 0.1) is 0 Å². The lowest BCUT2D eigenvalue weighted by molar-refractivity contribution is 0.0928. The predicted octanol–water partition coefficient (Wildman–Crippen LogP) is 2.82. The summed E-state index contributed by atoms with van der Waals surface area (Å²) in [5.74, 6) is -0.276. The molecule has 0 aliphatic rings. The van der Waals surface area contributed by atoms with Crippen LogP contribution in [0.25, 0.3) is 0 Å². The lowest BCUT2D eigenvalue weighted by Gasteiger charge is -2.19. The number of aromatic amines is 1. The number of benzene rings is 1. The van der Waals surface area contributed by atoms with Crippen molar-refractivity contribution in [3.05, 3.63) is 64.1 Å². The molecule has 1 heterocycles. The normalized spacial score (nSPS) is 11.9. The van der Waals surface area contributed by atoms with E-state index in [1.165, 1.54) is 12.1 Å². The van der Waals surface area contributed by atoms with Crippen LogP contribution in [0.3, 0.4) is 0 Å². The Morgan fingerprint density at radius 3 is 2.59 bits per heavy atom. The van der Waals surface area contributed by atoms with Gasteiger partial charge in [0.05, 0.1) is 6.04 Å². The molecule has 22 heavy (non-hydrogen) atoms. The molecule has 1 aromatic carbocycles. The van der Waals surface area contributed by atoms with Gasteiger partial charge in [-0.2, -0.15) is 5.10 Å². The second kappa shape index (κ2) is 8.12. The lowest BCUT2D eigenvalue weighted by atomic mass is 10.0. The van der Waals surface area contributed by atoms with Gasteiger partial charge in [-0.15, -0.1) is 0 Å². The van der Waals surface area contributed by atoms with Crippen LogP contribution >= 0.6 is 0 Å². The molecule has 0 fully saturated rings. The van der Waals surface area contributed by atoms with Crippen molar-refractivity contribution >= 4 is 5.91 Å². The van der Waals surface area contributed by atoms with Gasteiger partial charge in [0.25, 0.3) is 11.5 Å². The zero-order valence-corrected chi connectivity index (χ0v) is 12.7. The molecule has 0 saturated carbocycles. The molecule has 0 bridgehead atoms. The lowest BCUT2D eigenvalue weighted by Crippen LogP contribution is -2.30. The largest absolute Gasteiger partial charge is 0.344 e. The Kier molecular flexibility index (Phi) is 5.89. The van der Waals surface area contributed by atoms with E-state index in [0.717, 1.165) is 31.2 Å². The fraction of sp³-hybridized carbons (Fsp3) is 0.353. The summed E-state index contributed by atoms with van der Waals surface area (Å²) < 4.78 is 0. The van der Waals surface area contributed by atoms with Crippen molar-refractivity contribution < 1.29 is 4.79 Å². The van der Waals surface area contributed by atoms with Crippen LogP contribution in [0.1, 0.15) is 54.7 Å². The fourth-order valence-corrected chi connectivity index (χ4v) is 2.31. The van der Waals surface area contributed by atoms with Crippen molar-refractivity contribution in [2.45, 2.75) is 38.6 Å². The molecule has 0 spiro atoms. The minimum atomic E-state index is -0.320. The number of nitrogens with zero attached hydrogens (tertiary/aromatic N) is 1. The van der Waals surface area contributed by atoms with E-state index in [2.05, 4.69) is 22.4 Å². The van der Waals surface area contributed by atoms with Crippen molar-refractivity contribution in [2.75, 3.05) is 0 Å². The molecule has 1 atom stereocenters. The van der Waals surface area contributed by atoms with Gasteiger partial charge >= 0.3 is 0 Å². The predicted molar refractivity (Wildman–Crippen MR) is 85.6 cm³/mol. The van der Waals surface area contributed by atoms with Crippen molar-refractivity contribution in [3.63, 3.8) is 0 Å². The number of amides is 1. The molecule has 2 rings (SSSR count). The van der Waals surface area contributed by atoms with Crippen LogP contribution in [0.5, 0.6) is 0 Å². The Morgan fingerprint density at radius 1 is 1.18 bits per heavy atom. The topological polar surface area (TPSA) is 74.8 Å². The number of H-pyrrole nitrogens is 1. The van der Waals surface area contributed by atoms with Crippen LogP contribution in [0.4, 0.5) is 0 Å². The number of carbonyl (C=O) groups excluding carboxylic acids is 1. The molecule has 2 N–H and O–H groups in total. The summed E-state index contributed by atoms with van der Waals surface area (Å²) in [5.41, 5.74) is 0.978. The average molecular weight is 299 g/mol. The Hall–Kier alpha value is -2.43. The van der Waals surface area contributed by atoms with Gasteiger partial charge in [-0.1, -0.05) is 56.5 Å². The first-order valence-corrected chi connectivity index (χ1v) is 7.62. The third-order valence-corrected chi connectivity index (χ3v) is 3.52. The van der Waals surface area contributed by atoms with Gasteiger partial charge in [-0.25, -0.2) is 5.10 Å². The van der Waals surface area contributed by atoms with E-state index in [1.807, 2.05) is 30.3 Å². The van der Waals surface area contributed by atoms with E-state index in [0.29, 0.717) is 0 Å². The Morgan fingerprint density at radius 2 is 1.95 bits per heavy atom. The molecule has 5 heteroatoms. The fourth-order valence-electron chi connectivity index (χ4n) is 2.31. The summed E-state index contributed by atoms with van der Waals surface area (Å²) in [5, 5.41) is 9.06. The van der Waals surface area contributed by atoms with Gasteiger partial charge in [0.1, 0.15) is 5.69 Å². The number of rotatable bonds is 7. The third kappa shape index (κ3) is 4.55. The van der Waals surface area contributed by atoms with Crippen molar-refractivity contribution in [3.8, 4) is 0 Å². The first-order valence-electron chi connectivity index (χ1n) is 7.62. The van der Waals surface area contributed by atoms with E-state index >= 15 is 0 Å². The molecule has 1 amide bonds. The molecule has 2 aromatic rings. The number of unbranched alkanes of at least 4 members (excludes halogenated alkanes) is 2. The van der Waals surface area contributed by atoms with Gasteiger partial charge in [0.2, 0.25) is 0 Å². The second-order valence-electron chi connectivity index (χ2n) is 5.24. The van der Waals surface area contributed by atoms with E-state index in [1.54, 1.807) is 0 Å². The number of hydrogen-bond acceptors (Lipinski definition) is 3. The van der Waals surface area contributed by atoms with E-state index in [4.69, 9.17) is 0 Å². The Balaban J connectivity index is 2.09. The van der Waals surface area contributed by atoms with Crippen LogP contribution in [-0.4, -0.2) is 16.1 Å². The van der Waals surface area contributed by atoms with Gasteiger partial charge in [0, 0.05) is 6.07 Å². The number of hydrogen-bond donors (Lipinski definition) is 2. The van der Waals surface area contributed by atoms with Gasteiger partial charge in [-0.3, -0.25) is 9.59 Å². The maximum Gasteiger partial charge on any atom is 0.272 e. The second-order valence-corrected chi connectivity index (χ2v) is 5.24. The Bertz CT molecular complexity index is 632. The van der Waals surface area contributed by atoms with Crippen molar-refractivity contribution in [1.29, 1.82) is 0 Å². The maximum atomic E-state index is 12.3. The highest BCUT2D eigenvalue weighted by Crippen LogP contribution is 2.20. The quantitative estimate of drug-likeness (QED) is 0.772. The highest BCUT2D eigenvalue weighted by atomic mass is 16.2. The first kappa shape index (κ1) is 15.9. The van der Waals surface area contributed by atoms with Crippen LogP contribution in [0.2, 0.25) is 0 Å². The standard InChI is InChI=1S/C17H21N3O2/c1-2-3-5-10-14(13-8-6-4-7-9-13)18-17(22)15-11-12-16(21)20-19-15/h4,6-9,11-12,14H,2-3,5,10H2,1H3,(H,18,22)(H,20,21). The summed E-state index contributed by atoms with van der Waals surface area (Å²) >= 11 is 0.